The van der Waals surface area contributed by atoms with Crippen LogP contribution in [0.25, 0.3) is 38.6 Å². The molecule has 2 nitrogen and oxygen atoms in total. The molecule has 2 heterocycles. The van der Waals surface area contributed by atoms with Gasteiger partial charge in [-0.25, -0.2) is 0 Å². The molecule has 0 spiro atoms. The number of para-hydroxylation sites is 4. The molecule has 1 atom stereocenters. The monoisotopic (exact) mass is 900 g/mol. The summed E-state index contributed by atoms with van der Waals surface area (Å²) in [4.78, 5) is 5.07. The van der Waals surface area contributed by atoms with Gasteiger partial charge in [-0.1, -0.05) is 235 Å². The average molecular weight is 901 g/mol. The first-order valence-electron chi connectivity index (χ1n) is 24.7. The Morgan fingerprint density at radius 3 is 1.69 bits per heavy atom. The molecule has 0 saturated carbocycles. The van der Waals surface area contributed by atoms with E-state index in [4.69, 9.17) is 6.58 Å². The number of nitrogens with zero attached hydrogens (tertiary/aromatic N) is 2. The predicted octanol–water partition coefficient (Wildman–Crippen LogP) is 16.0. The van der Waals surface area contributed by atoms with E-state index in [1.54, 1.807) is 0 Å². The Kier molecular flexibility index (Phi) is 10.5. The second-order valence-corrected chi connectivity index (χ2v) is 20.1. The highest BCUT2D eigenvalue weighted by Gasteiger charge is 2.39. The predicted molar refractivity (Wildman–Crippen MR) is 297 cm³/mol. The van der Waals surface area contributed by atoms with Crippen molar-refractivity contribution in [2.45, 2.75) is 51.0 Å². The SMILES string of the molecule is C=C(C1=c2\ccc(N3c4ccccc4C(C)(C)c4ccccc43)c\c2=C(c2cccc3ccccc23)\C=C\CC(N2c3ccccc3C(C)(C)c3ccccc32)\C=C\1)c1ccccc1-c1ccccc1. The van der Waals surface area contributed by atoms with Gasteiger partial charge in [-0.2, -0.15) is 0 Å². The van der Waals surface area contributed by atoms with Gasteiger partial charge in [0.1, 0.15) is 0 Å². The van der Waals surface area contributed by atoms with E-state index in [9.17, 15) is 0 Å². The van der Waals surface area contributed by atoms with Crippen molar-refractivity contribution in [3.05, 3.63) is 287 Å². The molecular formula is C68H56N2. The molecule has 9 aromatic rings. The van der Waals surface area contributed by atoms with Gasteiger partial charge < -0.3 is 9.80 Å². The number of allylic oxidation sites excluding steroid dienone is 3. The lowest BCUT2D eigenvalue weighted by atomic mass is 9.73. The average Bonchev–Trinajstić information content (AvgIpc) is 3.40. The van der Waals surface area contributed by atoms with E-state index in [1.807, 2.05) is 0 Å². The Hall–Kier alpha value is -8.20. The van der Waals surface area contributed by atoms with Gasteiger partial charge in [0.15, 0.2) is 0 Å². The molecule has 0 aromatic heterocycles. The van der Waals surface area contributed by atoms with Crippen LogP contribution in [-0.2, 0) is 10.8 Å². The summed E-state index contributed by atoms with van der Waals surface area (Å²) in [6.45, 7) is 14.5. The van der Waals surface area contributed by atoms with Crippen LogP contribution in [0.1, 0.15) is 67.5 Å². The summed E-state index contributed by atoms with van der Waals surface area (Å²) in [6, 6.07) is 78.1. The minimum Gasteiger partial charge on any atom is -0.334 e. The Morgan fingerprint density at radius 1 is 0.486 bits per heavy atom. The fourth-order valence-corrected chi connectivity index (χ4v) is 11.8. The molecule has 2 heteroatoms. The molecule has 1 unspecified atom stereocenters. The van der Waals surface area contributed by atoms with Crippen LogP contribution in [-0.4, -0.2) is 6.04 Å². The van der Waals surface area contributed by atoms with E-state index < -0.39 is 0 Å². The highest BCUT2D eigenvalue weighted by molar-refractivity contribution is 6.05. The van der Waals surface area contributed by atoms with E-state index in [-0.39, 0.29) is 16.9 Å². The molecule has 0 saturated heterocycles. The van der Waals surface area contributed by atoms with Gasteiger partial charge in [-0.05, 0) is 125 Å². The van der Waals surface area contributed by atoms with Crippen LogP contribution < -0.4 is 20.2 Å². The van der Waals surface area contributed by atoms with Gasteiger partial charge in [-0.3, -0.25) is 0 Å². The van der Waals surface area contributed by atoms with Gasteiger partial charge in [0.25, 0.3) is 0 Å². The maximum atomic E-state index is 5.08. The van der Waals surface area contributed by atoms with Gasteiger partial charge in [0.05, 0.1) is 17.4 Å². The first-order valence-corrected chi connectivity index (χ1v) is 24.7. The van der Waals surface area contributed by atoms with Crippen LogP contribution in [0, 0.1) is 0 Å². The zero-order valence-electron chi connectivity index (χ0n) is 40.4. The zero-order chi connectivity index (χ0) is 47.6. The number of fused-ring (bicyclic) bond motifs is 6. The lowest BCUT2D eigenvalue weighted by molar-refractivity contribution is 0.614. The van der Waals surface area contributed by atoms with Crippen LogP contribution >= 0.6 is 0 Å². The van der Waals surface area contributed by atoms with Crippen molar-refractivity contribution < 1.29 is 0 Å². The number of anilines is 5. The van der Waals surface area contributed by atoms with Crippen molar-refractivity contribution in [1.82, 2.24) is 0 Å². The number of benzene rings is 9. The third kappa shape index (κ3) is 7.01. The Balaban J connectivity index is 1.18. The molecule has 0 fully saturated rings. The Labute approximate surface area is 412 Å². The van der Waals surface area contributed by atoms with Crippen LogP contribution in [0.5, 0.6) is 0 Å². The summed E-state index contributed by atoms with van der Waals surface area (Å²) in [5, 5.41) is 4.71. The lowest BCUT2D eigenvalue weighted by Gasteiger charge is -2.44. The minimum absolute atomic E-state index is 0.0267. The van der Waals surface area contributed by atoms with Crippen LogP contribution in [0.2, 0.25) is 0 Å². The molecule has 0 amide bonds. The van der Waals surface area contributed by atoms with Crippen molar-refractivity contribution >= 4 is 55.9 Å². The van der Waals surface area contributed by atoms with Crippen LogP contribution in [0.15, 0.2) is 243 Å². The van der Waals surface area contributed by atoms with Gasteiger partial charge in [0, 0.05) is 27.9 Å². The summed E-state index contributed by atoms with van der Waals surface area (Å²) in [6.07, 6.45) is 10.5. The third-order valence-corrected chi connectivity index (χ3v) is 15.4. The summed E-state index contributed by atoms with van der Waals surface area (Å²) >= 11 is 0. The molecule has 0 bridgehead atoms. The third-order valence-electron chi connectivity index (χ3n) is 15.4. The highest BCUT2D eigenvalue weighted by atomic mass is 15.2. The number of rotatable bonds is 6. The molecule has 3 aliphatic rings. The summed E-state index contributed by atoms with van der Waals surface area (Å²) in [5.41, 5.74) is 18.8. The summed E-state index contributed by atoms with van der Waals surface area (Å²) in [7, 11) is 0. The fourth-order valence-electron chi connectivity index (χ4n) is 11.8. The Morgan fingerprint density at radius 2 is 1.01 bits per heavy atom. The Bertz CT molecular complexity index is 3630. The van der Waals surface area contributed by atoms with Crippen LogP contribution in [0.3, 0.4) is 0 Å². The second-order valence-electron chi connectivity index (χ2n) is 20.1. The quantitative estimate of drug-likeness (QED) is 0.164. The van der Waals surface area contributed by atoms with E-state index in [0.717, 1.165) is 50.4 Å². The lowest BCUT2D eigenvalue weighted by Crippen LogP contribution is -2.38. The summed E-state index contributed by atoms with van der Waals surface area (Å²) in [5.74, 6) is 0. The van der Waals surface area contributed by atoms with Gasteiger partial charge in [0.2, 0.25) is 0 Å². The topological polar surface area (TPSA) is 6.48 Å². The normalized spacial score (nSPS) is 18.9. The van der Waals surface area contributed by atoms with Crippen molar-refractivity contribution in [3.63, 3.8) is 0 Å². The maximum absolute atomic E-state index is 5.08. The molecule has 9 aromatic carbocycles. The molecular weight excluding hydrogens is 845 g/mol. The van der Waals surface area contributed by atoms with E-state index >= 15 is 0 Å². The fraction of sp³-hybridized carbons (Fsp3) is 0.118. The molecule has 12 rings (SSSR count). The zero-order valence-corrected chi connectivity index (χ0v) is 40.4. The second kappa shape index (κ2) is 17.1. The molecule has 338 valence electrons. The standard InChI is InChI=1S/C68H56N2/c1-46(51-28-11-12-29-53(51)47-23-7-6-8-24-47)52-43-41-49(69-63-37-17-13-33-59(63)67(2,3)60-34-14-18-38-64(60)69)27-22-32-56(55-31-21-26-48-25-9-10-30-54(48)55)58-45-50(42-44-57(52)58)70-65-39-19-15-35-61(65)68(4,5)62-36-16-20-40-66(62)70/h6-26,28-45,49H,1,27H2,2-5H3/b32-22+,43-41+,57-52+,58-56+. The smallest absolute Gasteiger partial charge is 0.0560 e. The first kappa shape index (κ1) is 43.1. The molecule has 2 aliphatic heterocycles. The number of hydrogen-bond donors (Lipinski definition) is 0. The molecule has 70 heavy (non-hydrogen) atoms. The highest BCUT2D eigenvalue weighted by Crippen LogP contribution is 2.52. The van der Waals surface area contributed by atoms with Gasteiger partial charge in [-0.15, -0.1) is 0 Å². The van der Waals surface area contributed by atoms with Gasteiger partial charge >= 0.3 is 0 Å². The minimum atomic E-state index is -0.177. The van der Waals surface area contributed by atoms with Crippen molar-refractivity contribution in [1.29, 1.82) is 0 Å². The van der Waals surface area contributed by atoms with Crippen LogP contribution in [0.4, 0.5) is 28.4 Å². The van der Waals surface area contributed by atoms with E-state index in [2.05, 4.69) is 274 Å². The van der Waals surface area contributed by atoms with E-state index in [1.165, 1.54) is 66.9 Å². The largest absolute Gasteiger partial charge is 0.334 e. The molecule has 0 N–H and O–H groups in total. The molecule has 1 aliphatic carbocycles. The van der Waals surface area contributed by atoms with E-state index in [0.29, 0.717) is 0 Å². The van der Waals surface area contributed by atoms with Crippen molar-refractivity contribution in [3.8, 4) is 11.1 Å². The molecule has 0 radical (unpaired) electrons. The number of hydrogen-bond acceptors (Lipinski definition) is 2. The first-order chi connectivity index (χ1) is 34.2. The van der Waals surface area contributed by atoms with Crippen molar-refractivity contribution in [2.75, 3.05) is 9.80 Å². The summed E-state index contributed by atoms with van der Waals surface area (Å²) < 4.78 is 0. The van der Waals surface area contributed by atoms with Crippen molar-refractivity contribution in [2.24, 2.45) is 0 Å². The maximum Gasteiger partial charge on any atom is 0.0560 e.